The van der Waals surface area contributed by atoms with E-state index < -0.39 is 18.0 Å². The lowest BCUT2D eigenvalue weighted by atomic mass is 9.82. The van der Waals surface area contributed by atoms with Crippen LogP contribution in [0.2, 0.25) is 0 Å². The minimum Gasteiger partial charge on any atom is -0.462 e. The van der Waals surface area contributed by atoms with Crippen LogP contribution in [0.4, 0.5) is 0 Å². The summed E-state index contributed by atoms with van der Waals surface area (Å²) in [5.74, 6) is -0.788. The smallest absolute Gasteiger partial charge is 0.302 e. The molecule has 1 spiro atoms. The summed E-state index contributed by atoms with van der Waals surface area (Å²) < 4.78 is 24.7. The summed E-state index contributed by atoms with van der Waals surface area (Å²) >= 11 is 0. The van der Waals surface area contributed by atoms with Gasteiger partial charge in [0.15, 0.2) is 5.79 Å². The molecule has 228 valence electrons. The normalized spacial score (nSPS) is 38.5. The second-order valence-corrected chi connectivity index (χ2v) is 12.6. The SMILES string of the molecule is CCC1OC2(CC(OC(C)=O)CC(CC=C(C)C(O)C(C)C=CC=C3COC4C(O)C(C)=CCC34)O2)C(C)=CC1C. The van der Waals surface area contributed by atoms with Crippen LogP contribution in [0.5, 0.6) is 0 Å². The number of carbonyl (C=O) groups is 1. The van der Waals surface area contributed by atoms with Gasteiger partial charge in [-0.3, -0.25) is 4.79 Å². The zero-order chi connectivity index (χ0) is 29.9. The maximum atomic E-state index is 11.8. The number of aliphatic hydroxyl groups is 2. The van der Waals surface area contributed by atoms with E-state index in [1.165, 1.54) is 12.5 Å². The summed E-state index contributed by atoms with van der Waals surface area (Å²) in [5.41, 5.74) is 4.07. The van der Waals surface area contributed by atoms with E-state index in [2.05, 4.69) is 32.1 Å². The standard InChI is InChI=1S/C34H50O7/c1-8-30-23(5)16-24(6)34(41-30)18-28(39-25(7)35)17-27(40-34)14-12-21(3)31(36)20(2)10-9-11-26-19-38-33-29(26)15-13-22(4)32(33)37/h9-13,16,20,23,27-33,36-37H,8,14-15,17-19H2,1-7H3. The molecule has 0 saturated carbocycles. The van der Waals surface area contributed by atoms with E-state index in [9.17, 15) is 15.0 Å². The van der Waals surface area contributed by atoms with E-state index in [-0.39, 0.29) is 42.2 Å². The third-order valence-electron chi connectivity index (χ3n) is 9.34. The van der Waals surface area contributed by atoms with Crippen molar-refractivity contribution in [3.8, 4) is 0 Å². The van der Waals surface area contributed by atoms with Crippen molar-refractivity contribution in [3.05, 3.63) is 58.7 Å². The van der Waals surface area contributed by atoms with Gasteiger partial charge in [-0.15, -0.1) is 0 Å². The first-order chi connectivity index (χ1) is 19.4. The lowest BCUT2D eigenvalue weighted by Gasteiger charge is -2.49. The fraction of sp³-hybridized carbons (Fsp3) is 0.676. The second-order valence-electron chi connectivity index (χ2n) is 12.6. The molecule has 10 unspecified atom stereocenters. The van der Waals surface area contributed by atoms with Gasteiger partial charge in [0, 0.05) is 37.5 Å². The first-order valence-corrected chi connectivity index (χ1v) is 15.3. The van der Waals surface area contributed by atoms with E-state index in [1.54, 1.807) is 0 Å². The van der Waals surface area contributed by atoms with Crippen molar-refractivity contribution in [1.82, 2.24) is 0 Å². The Kier molecular flexibility index (Phi) is 10.5. The summed E-state index contributed by atoms with van der Waals surface area (Å²) in [5, 5.41) is 21.5. The van der Waals surface area contributed by atoms with Gasteiger partial charge in [-0.2, -0.15) is 0 Å². The monoisotopic (exact) mass is 570 g/mol. The average molecular weight is 571 g/mol. The largest absolute Gasteiger partial charge is 0.462 e. The highest BCUT2D eigenvalue weighted by molar-refractivity contribution is 5.66. The van der Waals surface area contributed by atoms with Crippen LogP contribution in [0.3, 0.4) is 0 Å². The third kappa shape index (κ3) is 7.31. The van der Waals surface area contributed by atoms with Gasteiger partial charge in [0.25, 0.3) is 0 Å². The predicted octanol–water partition coefficient (Wildman–Crippen LogP) is 5.73. The van der Waals surface area contributed by atoms with Gasteiger partial charge in [0.05, 0.1) is 31.0 Å². The Morgan fingerprint density at radius 1 is 1.27 bits per heavy atom. The zero-order valence-corrected chi connectivity index (χ0v) is 25.8. The molecule has 3 heterocycles. The Hall–Kier alpha value is -2.03. The maximum absolute atomic E-state index is 11.8. The van der Waals surface area contributed by atoms with Crippen LogP contribution in [-0.2, 0) is 23.7 Å². The fourth-order valence-corrected chi connectivity index (χ4v) is 6.77. The molecule has 2 fully saturated rings. The molecule has 2 N–H and O–H groups in total. The van der Waals surface area contributed by atoms with E-state index in [0.717, 1.165) is 29.6 Å². The first-order valence-electron chi connectivity index (χ1n) is 15.3. The van der Waals surface area contributed by atoms with Crippen molar-refractivity contribution in [3.63, 3.8) is 0 Å². The van der Waals surface area contributed by atoms with Crippen molar-refractivity contribution >= 4 is 5.97 Å². The van der Waals surface area contributed by atoms with Crippen molar-refractivity contribution in [2.75, 3.05) is 6.61 Å². The number of fused-ring (bicyclic) bond motifs is 1. The molecule has 1 aliphatic carbocycles. The zero-order valence-electron chi connectivity index (χ0n) is 25.8. The number of hydrogen-bond donors (Lipinski definition) is 2. The number of ether oxygens (including phenoxy) is 4. The summed E-state index contributed by atoms with van der Waals surface area (Å²) in [7, 11) is 0. The quantitative estimate of drug-likeness (QED) is 0.284. The van der Waals surface area contributed by atoms with Crippen LogP contribution in [0.25, 0.3) is 0 Å². The minimum absolute atomic E-state index is 0.0441. The van der Waals surface area contributed by atoms with Crippen LogP contribution in [0.15, 0.2) is 58.7 Å². The highest BCUT2D eigenvalue weighted by atomic mass is 16.7. The van der Waals surface area contributed by atoms with Crippen LogP contribution in [-0.4, -0.2) is 65.2 Å². The molecule has 0 amide bonds. The Labute approximate surface area is 246 Å². The Balaban J connectivity index is 1.39. The van der Waals surface area contributed by atoms with E-state index in [4.69, 9.17) is 18.9 Å². The molecule has 41 heavy (non-hydrogen) atoms. The summed E-state index contributed by atoms with van der Waals surface area (Å²) in [6.45, 7) is 14.2. The number of esters is 1. The van der Waals surface area contributed by atoms with Crippen molar-refractivity contribution in [2.45, 2.75) is 123 Å². The van der Waals surface area contributed by atoms with E-state index >= 15 is 0 Å². The van der Waals surface area contributed by atoms with Gasteiger partial charge >= 0.3 is 5.97 Å². The van der Waals surface area contributed by atoms with Crippen LogP contribution >= 0.6 is 0 Å². The van der Waals surface area contributed by atoms with Crippen LogP contribution in [0.1, 0.15) is 80.6 Å². The average Bonchev–Trinajstić information content (AvgIpc) is 3.34. The summed E-state index contributed by atoms with van der Waals surface area (Å²) in [6, 6.07) is 0. The molecule has 2 saturated heterocycles. The van der Waals surface area contributed by atoms with Gasteiger partial charge in [0.2, 0.25) is 0 Å². The molecule has 0 aromatic carbocycles. The van der Waals surface area contributed by atoms with Crippen molar-refractivity contribution in [2.24, 2.45) is 17.8 Å². The molecule has 4 aliphatic rings. The third-order valence-corrected chi connectivity index (χ3v) is 9.34. The molecule has 7 nitrogen and oxygen atoms in total. The molecule has 7 heteroatoms. The predicted molar refractivity (Wildman–Crippen MR) is 159 cm³/mol. The molecule has 0 aromatic rings. The van der Waals surface area contributed by atoms with Gasteiger partial charge in [-0.1, -0.05) is 57.2 Å². The summed E-state index contributed by atoms with van der Waals surface area (Å²) in [6.07, 6.45) is 14.1. The molecular formula is C34H50O7. The minimum atomic E-state index is -0.897. The Bertz CT molecular complexity index is 1100. The number of hydrogen-bond acceptors (Lipinski definition) is 7. The number of allylic oxidation sites excluding steroid dienone is 3. The van der Waals surface area contributed by atoms with Gasteiger partial charge in [-0.05, 0) is 62.3 Å². The molecule has 0 aromatic heterocycles. The number of carbonyl (C=O) groups excluding carboxylic acids is 1. The molecule has 0 bridgehead atoms. The molecule has 10 atom stereocenters. The molecule has 3 aliphatic heterocycles. The fourth-order valence-electron chi connectivity index (χ4n) is 6.77. The molecule has 4 rings (SSSR count). The lowest BCUT2D eigenvalue weighted by molar-refractivity contribution is -0.300. The van der Waals surface area contributed by atoms with Gasteiger partial charge < -0.3 is 29.2 Å². The van der Waals surface area contributed by atoms with Gasteiger partial charge in [-0.25, -0.2) is 0 Å². The van der Waals surface area contributed by atoms with Crippen LogP contribution in [0, 0.1) is 17.8 Å². The topological polar surface area (TPSA) is 94.5 Å². The Morgan fingerprint density at radius 2 is 2.02 bits per heavy atom. The lowest BCUT2D eigenvalue weighted by Crippen LogP contribution is -2.54. The van der Waals surface area contributed by atoms with Gasteiger partial charge in [0.1, 0.15) is 12.2 Å². The Morgan fingerprint density at radius 3 is 2.73 bits per heavy atom. The maximum Gasteiger partial charge on any atom is 0.302 e. The first kappa shape index (κ1) is 31.9. The molecular weight excluding hydrogens is 520 g/mol. The van der Waals surface area contributed by atoms with Crippen LogP contribution < -0.4 is 0 Å². The number of aliphatic hydroxyl groups excluding tert-OH is 2. The van der Waals surface area contributed by atoms with Crippen molar-refractivity contribution < 1.29 is 34.0 Å². The number of rotatable bonds is 8. The second kappa shape index (κ2) is 13.5. The van der Waals surface area contributed by atoms with E-state index in [0.29, 0.717) is 31.8 Å². The van der Waals surface area contributed by atoms with Crippen molar-refractivity contribution in [1.29, 1.82) is 0 Å². The van der Waals surface area contributed by atoms with E-state index in [1.807, 2.05) is 45.9 Å². The highest BCUT2D eigenvalue weighted by Crippen LogP contribution is 2.44. The summed E-state index contributed by atoms with van der Waals surface area (Å²) in [4.78, 5) is 11.8. The molecule has 0 radical (unpaired) electrons. The highest BCUT2D eigenvalue weighted by Gasteiger charge is 2.49.